The van der Waals surface area contributed by atoms with Crippen molar-refractivity contribution in [3.8, 4) is 11.1 Å². The van der Waals surface area contributed by atoms with E-state index < -0.39 is 10.0 Å². The Morgan fingerprint density at radius 3 is 2.70 bits per heavy atom. The van der Waals surface area contributed by atoms with Crippen LogP contribution in [-0.2, 0) is 10.0 Å². The van der Waals surface area contributed by atoms with Crippen LogP contribution in [0.5, 0.6) is 0 Å². The molecule has 27 heavy (non-hydrogen) atoms. The molecule has 0 amide bonds. The summed E-state index contributed by atoms with van der Waals surface area (Å²) in [6.07, 6.45) is 5.55. The van der Waals surface area contributed by atoms with Gasteiger partial charge in [0.05, 0.1) is 6.26 Å². The number of halogens is 1. The van der Waals surface area contributed by atoms with E-state index in [1.165, 1.54) is 16.6 Å². The number of sulfonamides is 1. The van der Waals surface area contributed by atoms with Crippen LogP contribution in [-0.4, -0.2) is 42.0 Å². The topological polar surface area (TPSA) is 66.1 Å². The molecular formula is C20H20FN3O2S. The number of rotatable bonds is 3. The SMILES string of the molecule is Cc1cc(-c2ccnc3[nH]c(C4=CCN(S(C)(=O)=O)CC4)cc23)ccc1F. The summed E-state index contributed by atoms with van der Waals surface area (Å²) in [5.74, 6) is -0.221. The summed E-state index contributed by atoms with van der Waals surface area (Å²) < 4.78 is 38.4. The summed E-state index contributed by atoms with van der Waals surface area (Å²) in [7, 11) is -3.17. The summed E-state index contributed by atoms with van der Waals surface area (Å²) in [5, 5.41) is 0.963. The molecule has 7 heteroatoms. The number of H-pyrrole nitrogens is 1. The van der Waals surface area contributed by atoms with Gasteiger partial charge in [-0.2, -0.15) is 4.31 Å². The van der Waals surface area contributed by atoms with E-state index in [9.17, 15) is 12.8 Å². The quantitative estimate of drug-likeness (QED) is 0.747. The van der Waals surface area contributed by atoms with Gasteiger partial charge in [0.2, 0.25) is 10.0 Å². The summed E-state index contributed by atoms with van der Waals surface area (Å²) in [6.45, 7) is 2.60. The highest BCUT2D eigenvalue weighted by Gasteiger charge is 2.21. The van der Waals surface area contributed by atoms with Gasteiger partial charge in [-0.15, -0.1) is 0 Å². The number of fused-ring (bicyclic) bond motifs is 1. The molecule has 0 aliphatic carbocycles. The molecule has 4 rings (SSSR count). The summed E-state index contributed by atoms with van der Waals surface area (Å²) >= 11 is 0. The molecule has 0 unspecified atom stereocenters. The van der Waals surface area contributed by atoms with Crippen molar-refractivity contribution < 1.29 is 12.8 Å². The average Bonchev–Trinajstić information content (AvgIpc) is 3.08. The number of benzene rings is 1. The predicted molar refractivity (Wildman–Crippen MR) is 105 cm³/mol. The summed E-state index contributed by atoms with van der Waals surface area (Å²) in [6, 6.07) is 9.05. The van der Waals surface area contributed by atoms with Crippen LogP contribution >= 0.6 is 0 Å². The lowest BCUT2D eigenvalue weighted by Crippen LogP contribution is -2.33. The first-order valence-corrected chi connectivity index (χ1v) is 10.6. The number of pyridine rings is 1. The van der Waals surface area contributed by atoms with E-state index >= 15 is 0 Å². The Morgan fingerprint density at radius 1 is 1.22 bits per heavy atom. The molecule has 1 aromatic carbocycles. The minimum atomic E-state index is -3.17. The maximum Gasteiger partial charge on any atom is 0.211 e. The molecule has 3 aromatic rings. The zero-order valence-electron chi connectivity index (χ0n) is 15.2. The Morgan fingerprint density at radius 2 is 2.04 bits per heavy atom. The van der Waals surface area contributed by atoms with Gasteiger partial charge in [-0.25, -0.2) is 17.8 Å². The Balaban J connectivity index is 1.73. The number of hydrogen-bond donors (Lipinski definition) is 1. The van der Waals surface area contributed by atoms with Crippen LogP contribution in [0, 0.1) is 12.7 Å². The second-order valence-corrected chi connectivity index (χ2v) is 8.85. The van der Waals surface area contributed by atoms with Crippen molar-refractivity contribution in [1.82, 2.24) is 14.3 Å². The van der Waals surface area contributed by atoms with Crippen molar-refractivity contribution in [3.63, 3.8) is 0 Å². The van der Waals surface area contributed by atoms with Crippen molar-refractivity contribution in [2.45, 2.75) is 13.3 Å². The summed E-state index contributed by atoms with van der Waals surface area (Å²) in [5.41, 5.74) is 5.30. The zero-order chi connectivity index (χ0) is 19.2. The normalized spacial score (nSPS) is 15.9. The fraction of sp³-hybridized carbons (Fsp3) is 0.250. The van der Waals surface area contributed by atoms with Crippen LogP contribution < -0.4 is 0 Å². The van der Waals surface area contributed by atoms with Gasteiger partial charge in [0.1, 0.15) is 11.5 Å². The zero-order valence-corrected chi connectivity index (χ0v) is 16.0. The number of aromatic nitrogens is 2. The molecule has 3 heterocycles. The largest absolute Gasteiger partial charge is 0.339 e. The van der Waals surface area contributed by atoms with E-state index in [0.29, 0.717) is 25.1 Å². The van der Waals surface area contributed by atoms with Crippen molar-refractivity contribution in [1.29, 1.82) is 0 Å². The van der Waals surface area contributed by atoms with E-state index in [1.54, 1.807) is 19.2 Å². The fourth-order valence-electron chi connectivity index (χ4n) is 3.46. The Labute approximate surface area is 157 Å². The maximum absolute atomic E-state index is 13.6. The van der Waals surface area contributed by atoms with Gasteiger partial charge in [0, 0.05) is 30.4 Å². The van der Waals surface area contributed by atoms with Gasteiger partial charge >= 0.3 is 0 Å². The second-order valence-electron chi connectivity index (χ2n) is 6.87. The van der Waals surface area contributed by atoms with Gasteiger partial charge < -0.3 is 4.98 Å². The Bertz CT molecular complexity index is 1170. The standard InChI is InChI=1S/C20H20FN3O2S/c1-13-11-15(3-4-18(13)21)16-5-8-22-20-17(16)12-19(23-20)14-6-9-24(10-7-14)27(2,25)26/h3-6,8,11-12H,7,9-10H2,1-2H3,(H,22,23). The fourth-order valence-corrected chi connectivity index (χ4v) is 4.23. The Hall–Kier alpha value is -2.51. The van der Waals surface area contributed by atoms with E-state index in [-0.39, 0.29) is 5.82 Å². The third kappa shape index (κ3) is 3.40. The van der Waals surface area contributed by atoms with Crippen LogP contribution in [0.2, 0.25) is 0 Å². The minimum Gasteiger partial charge on any atom is -0.339 e. The van der Waals surface area contributed by atoms with Crippen LogP contribution in [0.25, 0.3) is 27.7 Å². The van der Waals surface area contributed by atoms with Gasteiger partial charge in [0.15, 0.2) is 0 Å². The number of nitrogens with one attached hydrogen (secondary N) is 1. The van der Waals surface area contributed by atoms with E-state index in [4.69, 9.17) is 0 Å². The molecule has 2 aromatic heterocycles. The van der Waals surface area contributed by atoms with E-state index in [1.807, 2.05) is 24.3 Å². The molecule has 140 valence electrons. The van der Waals surface area contributed by atoms with Gasteiger partial charge in [-0.3, -0.25) is 0 Å². The molecule has 0 bridgehead atoms. The first-order chi connectivity index (χ1) is 12.8. The van der Waals surface area contributed by atoms with Crippen LogP contribution in [0.3, 0.4) is 0 Å². The second kappa shape index (κ2) is 6.58. The molecule has 0 saturated carbocycles. The Kier molecular flexibility index (Phi) is 4.36. The number of nitrogens with zero attached hydrogens (tertiary/aromatic N) is 2. The molecule has 1 aliphatic heterocycles. The molecule has 0 spiro atoms. The molecule has 0 atom stereocenters. The minimum absolute atomic E-state index is 0.221. The highest BCUT2D eigenvalue weighted by molar-refractivity contribution is 7.88. The highest BCUT2D eigenvalue weighted by atomic mass is 32.2. The molecule has 1 N–H and O–H groups in total. The monoisotopic (exact) mass is 385 g/mol. The highest BCUT2D eigenvalue weighted by Crippen LogP contribution is 2.32. The van der Waals surface area contributed by atoms with Gasteiger partial charge in [-0.05, 0) is 59.9 Å². The van der Waals surface area contributed by atoms with Crippen LogP contribution in [0.1, 0.15) is 17.7 Å². The molecule has 0 saturated heterocycles. The van der Waals surface area contributed by atoms with Crippen molar-refractivity contribution in [3.05, 3.63) is 59.7 Å². The van der Waals surface area contributed by atoms with E-state index in [0.717, 1.165) is 33.4 Å². The first-order valence-electron chi connectivity index (χ1n) is 8.72. The molecule has 0 radical (unpaired) electrons. The number of hydrogen-bond acceptors (Lipinski definition) is 3. The van der Waals surface area contributed by atoms with E-state index in [2.05, 4.69) is 9.97 Å². The number of aryl methyl sites for hydroxylation is 1. The first kappa shape index (κ1) is 17.9. The average molecular weight is 385 g/mol. The van der Waals surface area contributed by atoms with Crippen LogP contribution in [0.4, 0.5) is 4.39 Å². The molecule has 1 aliphatic rings. The van der Waals surface area contributed by atoms with Crippen LogP contribution in [0.15, 0.2) is 42.6 Å². The van der Waals surface area contributed by atoms with Gasteiger partial charge in [-0.1, -0.05) is 12.1 Å². The summed E-state index contributed by atoms with van der Waals surface area (Å²) in [4.78, 5) is 7.75. The molecular weight excluding hydrogens is 365 g/mol. The predicted octanol–water partition coefficient (Wildman–Crippen LogP) is 3.73. The van der Waals surface area contributed by atoms with Crippen molar-refractivity contribution in [2.24, 2.45) is 0 Å². The molecule has 0 fully saturated rings. The smallest absolute Gasteiger partial charge is 0.211 e. The third-order valence-electron chi connectivity index (χ3n) is 4.99. The third-order valence-corrected chi connectivity index (χ3v) is 6.26. The lowest BCUT2D eigenvalue weighted by molar-refractivity contribution is 0.445. The van der Waals surface area contributed by atoms with Crippen molar-refractivity contribution >= 4 is 26.6 Å². The molecule has 5 nitrogen and oxygen atoms in total. The lowest BCUT2D eigenvalue weighted by Gasteiger charge is -2.23. The lowest BCUT2D eigenvalue weighted by atomic mass is 10.0. The maximum atomic E-state index is 13.6. The number of aromatic amines is 1. The van der Waals surface area contributed by atoms with Gasteiger partial charge in [0.25, 0.3) is 0 Å². The van der Waals surface area contributed by atoms with Crippen molar-refractivity contribution in [2.75, 3.05) is 19.3 Å².